The van der Waals surface area contributed by atoms with E-state index in [-0.39, 0.29) is 18.0 Å². The molecule has 3 nitrogen and oxygen atoms in total. The minimum absolute atomic E-state index is 0.0165. The van der Waals surface area contributed by atoms with Crippen LogP contribution in [0.15, 0.2) is 22.7 Å². The van der Waals surface area contributed by atoms with Crippen LogP contribution in [0.5, 0.6) is 0 Å². The molecule has 0 bridgehead atoms. The third kappa shape index (κ3) is 3.22. The van der Waals surface area contributed by atoms with Crippen LogP contribution in [-0.4, -0.2) is 31.6 Å². The van der Waals surface area contributed by atoms with E-state index in [2.05, 4.69) is 21.2 Å². The number of carbonyl (C=O) groups excluding carboxylic acids is 1. The minimum Gasteiger partial charge on any atom is -0.370 e. The molecule has 1 aromatic rings. The van der Waals surface area contributed by atoms with Crippen LogP contribution in [0.1, 0.15) is 18.4 Å². The first-order valence-corrected chi connectivity index (χ1v) is 7.10. The van der Waals surface area contributed by atoms with Gasteiger partial charge >= 0.3 is 0 Å². The van der Waals surface area contributed by atoms with E-state index in [0.29, 0.717) is 18.4 Å². The predicted molar refractivity (Wildman–Crippen MR) is 74.7 cm³/mol. The molecule has 0 aliphatic carbocycles. The van der Waals surface area contributed by atoms with Crippen molar-refractivity contribution < 1.29 is 13.9 Å². The van der Waals surface area contributed by atoms with Gasteiger partial charge in [-0.25, -0.2) is 4.39 Å². The standard InChI is InChI=1S/C14H17BrFNO2/c1-19-14(4-6-17-7-5-14)13(18)9-10-8-11(16)2-3-12(10)15/h2-3,8,17H,4-7,9H2,1H3. The monoisotopic (exact) mass is 329 g/mol. The lowest BCUT2D eigenvalue weighted by Gasteiger charge is -2.35. The summed E-state index contributed by atoms with van der Waals surface area (Å²) in [6.45, 7) is 1.54. The first-order chi connectivity index (χ1) is 9.07. The maximum atomic E-state index is 13.2. The van der Waals surface area contributed by atoms with Crippen molar-refractivity contribution in [1.82, 2.24) is 5.32 Å². The highest BCUT2D eigenvalue weighted by molar-refractivity contribution is 9.10. The molecule has 1 aromatic carbocycles. The zero-order chi connectivity index (χ0) is 13.9. The lowest BCUT2D eigenvalue weighted by Crippen LogP contribution is -2.49. The first-order valence-electron chi connectivity index (χ1n) is 6.30. The zero-order valence-corrected chi connectivity index (χ0v) is 12.4. The van der Waals surface area contributed by atoms with Gasteiger partial charge in [0, 0.05) is 18.0 Å². The summed E-state index contributed by atoms with van der Waals surface area (Å²) in [5.74, 6) is -0.314. The van der Waals surface area contributed by atoms with Crippen molar-refractivity contribution in [3.05, 3.63) is 34.1 Å². The molecule has 0 spiro atoms. The van der Waals surface area contributed by atoms with Gasteiger partial charge in [-0.05, 0) is 49.7 Å². The van der Waals surface area contributed by atoms with E-state index < -0.39 is 5.60 Å². The highest BCUT2D eigenvalue weighted by Crippen LogP contribution is 2.27. The summed E-state index contributed by atoms with van der Waals surface area (Å²) in [5, 5.41) is 3.21. The first kappa shape index (κ1) is 14.6. The zero-order valence-electron chi connectivity index (χ0n) is 10.8. The van der Waals surface area contributed by atoms with Crippen LogP contribution in [0.4, 0.5) is 4.39 Å². The second-order valence-electron chi connectivity index (χ2n) is 4.78. The highest BCUT2D eigenvalue weighted by Gasteiger charge is 2.39. The van der Waals surface area contributed by atoms with Crippen molar-refractivity contribution in [3.63, 3.8) is 0 Å². The van der Waals surface area contributed by atoms with E-state index in [1.165, 1.54) is 12.1 Å². The second-order valence-corrected chi connectivity index (χ2v) is 5.64. The Balaban J connectivity index is 2.17. The Morgan fingerprint density at radius 3 is 2.79 bits per heavy atom. The molecule has 1 saturated heterocycles. The van der Waals surface area contributed by atoms with Gasteiger partial charge in [0.1, 0.15) is 11.4 Å². The Bertz CT molecular complexity index is 473. The molecule has 0 amide bonds. The summed E-state index contributed by atoms with van der Waals surface area (Å²) >= 11 is 3.35. The normalized spacial score (nSPS) is 18.3. The molecule has 0 saturated carbocycles. The van der Waals surface area contributed by atoms with E-state index in [1.54, 1.807) is 13.2 Å². The fourth-order valence-corrected chi connectivity index (χ4v) is 2.83. The summed E-state index contributed by atoms with van der Waals surface area (Å²) in [4.78, 5) is 12.5. The van der Waals surface area contributed by atoms with Gasteiger partial charge in [-0.3, -0.25) is 4.79 Å². The molecule has 0 unspecified atom stereocenters. The Hall–Kier alpha value is -0.780. The number of ketones is 1. The Morgan fingerprint density at radius 1 is 1.47 bits per heavy atom. The van der Waals surface area contributed by atoms with E-state index in [9.17, 15) is 9.18 Å². The smallest absolute Gasteiger partial charge is 0.169 e. The summed E-state index contributed by atoms with van der Waals surface area (Å²) in [7, 11) is 1.57. The number of Topliss-reactive ketones (excluding diaryl/α,β-unsaturated/α-hetero) is 1. The summed E-state index contributed by atoms with van der Waals surface area (Å²) in [5.41, 5.74) is -0.0586. The molecule has 1 N–H and O–H groups in total. The van der Waals surface area contributed by atoms with Crippen LogP contribution >= 0.6 is 15.9 Å². The number of carbonyl (C=O) groups is 1. The molecule has 0 atom stereocenters. The second kappa shape index (κ2) is 6.11. The molecule has 0 aromatic heterocycles. The van der Waals surface area contributed by atoms with Crippen molar-refractivity contribution in [2.75, 3.05) is 20.2 Å². The van der Waals surface area contributed by atoms with Gasteiger partial charge < -0.3 is 10.1 Å². The minimum atomic E-state index is -0.725. The molecule has 1 fully saturated rings. The number of methoxy groups -OCH3 is 1. The van der Waals surface area contributed by atoms with Gasteiger partial charge in [-0.1, -0.05) is 15.9 Å². The molecule has 19 heavy (non-hydrogen) atoms. The largest absolute Gasteiger partial charge is 0.370 e. The number of benzene rings is 1. The fourth-order valence-electron chi connectivity index (χ4n) is 2.44. The SMILES string of the molecule is COC1(C(=O)Cc2cc(F)ccc2Br)CCNCC1. The quantitative estimate of drug-likeness (QED) is 0.922. The summed E-state index contributed by atoms with van der Waals surface area (Å²) in [6, 6.07) is 4.39. The van der Waals surface area contributed by atoms with E-state index in [4.69, 9.17) is 4.74 Å². The molecule has 1 heterocycles. The lowest BCUT2D eigenvalue weighted by atomic mass is 9.85. The number of halogens is 2. The van der Waals surface area contributed by atoms with Crippen LogP contribution in [-0.2, 0) is 16.0 Å². The molecule has 2 rings (SSSR count). The number of rotatable bonds is 4. The average molecular weight is 330 g/mol. The van der Waals surface area contributed by atoms with Crippen molar-refractivity contribution in [2.24, 2.45) is 0 Å². The summed E-state index contributed by atoms with van der Waals surface area (Å²) in [6.07, 6.45) is 1.51. The van der Waals surface area contributed by atoms with Crippen molar-refractivity contribution in [3.8, 4) is 0 Å². The van der Waals surface area contributed by atoms with Gasteiger partial charge in [0.2, 0.25) is 0 Å². The van der Waals surface area contributed by atoms with Gasteiger partial charge in [-0.2, -0.15) is 0 Å². The predicted octanol–water partition coefficient (Wildman–Crippen LogP) is 2.47. The van der Waals surface area contributed by atoms with E-state index in [1.807, 2.05) is 0 Å². The van der Waals surface area contributed by atoms with Gasteiger partial charge in [0.15, 0.2) is 5.78 Å². The van der Waals surface area contributed by atoms with Crippen molar-refractivity contribution in [1.29, 1.82) is 0 Å². The molecule has 1 aliphatic heterocycles. The maximum absolute atomic E-state index is 13.2. The third-order valence-electron chi connectivity index (χ3n) is 3.67. The highest BCUT2D eigenvalue weighted by atomic mass is 79.9. The molecular formula is C14H17BrFNO2. The molecular weight excluding hydrogens is 313 g/mol. The van der Waals surface area contributed by atoms with Crippen LogP contribution in [0.3, 0.4) is 0 Å². The fraction of sp³-hybridized carbons (Fsp3) is 0.500. The molecule has 0 radical (unpaired) electrons. The Kier molecular flexibility index (Phi) is 4.71. The number of ether oxygens (including phenoxy) is 1. The van der Waals surface area contributed by atoms with E-state index >= 15 is 0 Å². The lowest BCUT2D eigenvalue weighted by molar-refractivity contribution is -0.143. The van der Waals surface area contributed by atoms with Crippen LogP contribution in [0.2, 0.25) is 0 Å². The topological polar surface area (TPSA) is 38.3 Å². The molecule has 5 heteroatoms. The van der Waals surface area contributed by atoms with Crippen molar-refractivity contribution >= 4 is 21.7 Å². The average Bonchev–Trinajstić information content (AvgIpc) is 2.43. The van der Waals surface area contributed by atoms with Gasteiger partial charge in [0.05, 0.1) is 0 Å². The van der Waals surface area contributed by atoms with Crippen LogP contribution in [0, 0.1) is 5.82 Å². The van der Waals surface area contributed by atoms with Gasteiger partial charge in [0.25, 0.3) is 0 Å². The number of nitrogens with one attached hydrogen (secondary N) is 1. The Morgan fingerprint density at radius 2 is 2.16 bits per heavy atom. The number of hydrogen-bond donors (Lipinski definition) is 1. The van der Waals surface area contributed by atoms with Crippen molar-refractivity contribution in [2.45, 2.75) is 24.9 Å². The number of hydrogen-bond acceptors (Lipinski definition) is 3. The van der Waals surface area contributed by atoms with E-state index in [0.717, 1.165) is 17.6 Å². The molecule has 1 aliphatic rings. The molecule has 104 valence electrons. The summed E-state index contributed by atoms with van der Waals surface area (Å²) < 4.78 is 19.5. The maximum Gasteiger partial charge on any atom is 0.169 e. The third-order valence-corrected chi connectivity index (χ3v) is 4.44. The Labute approximate surface area is 120 Å². The van der Waals surface area contributed by atoms with Crippen LogP contribution < -0.4 is 5.32 Å². The van der Waals surface area contributed by atoms with Gasteiger partial charge in [-0.15, -0.1) is 0 Å². The van der Waals surface area contributed by atoms with Crippen LogP contribution in [0.25, 0.3) is 0 Å². The number of piperidine rings is 1.